The van der Waals surface area contributed by atoms with Gasteiger partial charge in [0.25, 0.3) is 0 Å². The van der Waals surface area contributed by atoms with Gasteiger partial charge in [0.2, 0.25) is 5.91 Å². The fourth-order valence-electron chi connectivity index (χ4n) is 1.80. The summed E-state index contributed by atoms with van der Waals surface area (Å²) in [5.41, 5.74) is -2.70. The van der Waals surface area contributed by atoms with Gasteiger partial charge in [-0.15, -0.1) is 0 Å². The molecule has 1 unspecified atom stereocenters. The number of amides is 1. The van der Waals surface area contributed by atoms with Gasteiger partial charge >= 0.3 is 6.18 Å². The van der Waals surface area contributed by atoms with Gasteiger partial charge in [0, 0.05) is 18.9 Å². The summed E-state index contributed by atoms with van der Waals surface area (Å²) in [5, 5.41) is 9.33. The van der Waals surface area contributed by atoms with Crippen molar-refractivity contribution in [2.24, 2.45) is 5.92 Å². The van der Waals surface area contributed by atoms with E-state index < -0.39 is 24.7 Å². The zero-order valence-corrected chi connectivity index (χ0v) is 8.05. The van der Waals surface area contributed by atoms with Crippen LogP contribution in [-0.4, -0.2) is 40.8 Å². The molecule has 15 heavy (non-hydrogen) atoms. The van der Waals surface area contributed by atoms with Crippen LogP contribution < -0.4 is 0 Å². The largest absolute Gasteiger partial charge is 0.419 e. The number of carbonyl (C=O) groups excluding carboxylic acids is 1. The summed E-state index contributed by atoms with van der Waals surface area (Å²) in [4.78, 5) is 12.6. The molecule has 1 amide bonds. The van der Waals surface area contributed by atoms with E-state index >= 15 is 0 Å². The lowest BCUT2D eigenvalue weighted by Gasteiger charge is -2.25. The molecule has 1 heterocycles. The Kier molecular flexibility index (Phi) is 2.22. The van der Waals surface area contributed by atoms with Crippen molar-refractivity contribution in [3.8, 4) is 0 Å². The number of rotatable bonds is 1. The predicted octanol–water partition coefficient (Wildman–Crippen LogP) is 0.922. The molecule has 1 saturated carbocycles. The summed E-state index contributed by atoms with van der Waals surface area (Å²) in [7, 11) is 0. The highest BCUT2D eigenvalue weighted by Gasteiger charge is 2.58. The van der Waals surface area contributed by atoms with Gasteiger partial charge < -0.3 is 10.0 Å². The lowest BCUT2D eigenvalue weighted by Crippen LogP contribution is -2.48. The standard InChI is InChI=1S/C9H12F3NO2/c10-9(11,12)8(15)3-4-13(5-8)7(14)6-1-2-6/h6,15H,1-5H2. The van der Waals surface area contributed by atoms with Crippen LogP contribution in [0.1, 0.15) is 19.3 Å². The Morgan fingerprint density at radius 2 is 2.00 bits per heavy atom. The van der Waals surface area contributed by atoms with Crippen molar-refractivity contribution in [1.82, 2.24) is 4.90 Å². The first kappa shape index (κ1) is 10.7. The van der Waals surface area contributed by atoms with Crippen LogP contribution in [0.25, 0.3) is 0 Å². The summed E-state index contributed by atoms with van der Waals surface area (Å²) in [6.07, 6.45) is -3.53. The fourth-order valence-corrected chi connectivity index (χ4v) is 1.80. The number of hydrogen-bond donors (Lipinski definition) is 1. The number of nitrogens with zero attached hydrogens (tertiary/aromatic N) is 1. The SMILES string of the molecule is O=C(C1CC1)N1CCC(O)(C(F)(F)F)C1. The molecule has 0 aromatic heterocycles. The minimum absolute atomic E-state index is 0.00530. The molecule has 0 aromatic carbocycles. The number of halogens is 3. The fraction of sp³-hybridized carbons (Fsp3) is 0.889. The van der Waals surface area contributed by atoms with Crippen LogP contribution in [0, 0.1) is 5.92 Å². The molecule has 1 N–H and O–H groups in total. The first-order valence-corrected chi connectivity index (χ1v) is 4.91. The third-order valence-electron chi connectivity index (χ3n) is 3.01. The van der Waals surface area contributed by atoms with E-state index in [1.54, 1.807) is 0 Å². The third kappa shape index (κ3) is 1.82. The van der Waals surface area contributed by atoms with Gasteiger partial charge in [-0.25, -0.2) is 0 Å². The Balaban J connectivity index is 2.02. The van der Waals surface area contributed by atoms with E-state index in [-0.39, 0.29) is 18.4 Å². The molecule has 2 fully saturated rings. The lowest BCUT2D eigenvalue weighted by atomic mass is 10.0. The van der Waals surface area contributed by atoms with Crippen molar-refractivity contribution in [3.63, 3.8) is 0 Å². The molecular formula is C9H12F3NO2. The van der Waals surface area contributed by atoms with Crippen LogP contribution in [0.2, 0.25) is 0 Å². The van der Waals surface area contributed by atoms with E-state index in [0.717, 1.165) is 17.7 Å². The second kappa shape index (κ2) is 3.10. The molecule has 1 aliphatic heterocycles. The quantitative estimate of drug-likeness (QED) is 0.718. The van der Waals surface area contributed by atoms with Crippen molar-refractivity contribution in [1.29, 1.82) is 0 Å². The van der Waals surface area contributed by atoms with E-state index in [4.69, 9.17) is 0 Å². The Morgan fingerprint density at radius 1 is 1.40 bits per heavy atom. The summed E-state index contributed by atoms with van der Waals surface area (Å²) >= 11 is 0. The molecule has 0 spiro atoms. The highest BCUT2D eigenvalue weighted by atomic mass is 19.4. The average molecular weight is 223 g/mol. The summed E-state index contributed by atoms with van der Waals surface area (Å²) in [5.74, 6) is -0.337. The Bertz CT molecular complexity index is 288. The van der Waals surface area contributed by atoms with Gasteiger partial charge in [0.1, 0.15) is 0 Å². The van der Waals surface area contributed by atoms with Gasteiger partial charge in [0.15, 0.2) is 5.60 Å². The van der Waals surface area contributed by atoms with E-state index in [0.29, 0.717) is 0 Å². The predicted molar refractivity (Wildman–Crippen MR) is 44.9 cm³/mol. The minimum atomic E-state index is -4.65. The molecule has 1 saturated heterocycles. The molecule has 1 atom stereocenters. The number of likely N-dealkylation sites (tertiary alicyclic amines) is 1. The monoisotopic (exact) mass is 223 g/mol. The molecule has 2 aliphatic rings. The number of hydrogen-bond acceptors (Lipinski definition) is 2. The summed E-state index contributed by atoms with van der Waals surface area (Å²) in [6.45, 7) is -0.600. The third-order valence-corrected chi connectivity index (χ3v) is 3.01. The second-order valence-corrected chi connectivity index (χ2v) is 4.31. The van der Waals surface area contributed by atoms with Crippen molar-refractivity contribution in [2.45, 2.75) is 31.0 Å². The zero-order chi connectivity index (χ0) is 11.3. The van der Waals surface area contributed by atoms with Crippen molar-refractivity contribution in [3.05, 3.63) is 0 Å². The van der Waals surface area contributed by atoms with Crippen molar-refractivity contribution < 1.29 is 23.1 Å². The van der Waals surface area contributed by atoms with Crippen LogP contribution in [-0.2, 0) is 4.79 Å². The molecule has 86 valence electrons. The lowest BCUT2D eigenvalue weighted by molar-refractivity contribution is -0.253. The van der Waals surface area contributed by atoms with Gasteiger partial charge in [-0.2, -0.15) is 13.2 Å². The topological polar surface area (TPSA) is 40.5 Å². The Hall–Kier alpha value is -0.780. The van der Waals surface area contributed by atoms with Crippen LogP contribution in [0.5, 0.6) is 0 Å². The van der Waals surface area contributed by atoms with E-state index in [1.807, 2.05) is 0 Å². The molecule has 2 rings (SSSR count). The van der Waals surface area contributed by atoms with Gasteiger partial charge in [-0.1, -0.05) is 0 Å². The molecule has 3 nitrogen and oxygen atoms in total. The average Bonchev–Trinajstić information content (AvgIpc) is 2.87. The van der Waals surface area contributed by atoms with Gasteiger partial charge in [-0.3, -0.25) is 4.79 Å². The number of aliphatic hydroxyl groups is 1. The van der Waals surface area contributed by atoms with Crippen LogP contribution in [0.15, 0.2) is 0 Å². The van der Waals surface area contributed by atoms with E-state index in [2.05, 4.69) is 0 Å². The number of carbonyl (C=O) groups is 1. The van der Waals surface area contributed by atoms with E-state index in [1.165, 1.54) is 0 Å². The number of alkyl halides is 3. The van der Waals surface area contributed by atoms with Crippen LogP contribution >= 0.6 is 0 Å². The zero-order valence-electron chi connectivity index (χ0n) is 8.05. The molecule has 6 heteroatoms. The maximum Gasteiger partial charge on any atom is 0.419 e. The molecule has 0 radical (unpaired) electrons. The highest BCUT2D eigenvalue weighted by molar-refractivity contribution is 5.81. The van der Waals surface area contributed by atoms with Gasteiger partial charge in [0.05, 0.1) is 6.54 Å². The summed E-state index contributed by atoms with van der Waals surface area (Å²) in [6, 6.07) is 0. The Labute approximate surface area is 84.9 Å². The van der Waals surface area contributed by atoms with Crippen molar-refractivity contribution in [2.75, 3.05) is 13.1 Å². The molecular weight excluding hydrogens is 211 g/mol. The Morgan fingerprint density at radius 3 is 2.40 bits per heavy atom. The molecule has 0 aromatic rings. The van der Waals surface area contributed by atoms with Crippen LogP contribution in [0.4, 0.5) is 13.2 Å². The van der Waals surface area contributed by atoms with Crippen molar-refractivity contribution >= 4 is 5.91 Å². The maximum atomic E-state index is 12.4. The normalized spacial score (nSPS) is 32.1. The molecule has 0 bridgehead atoms. The van der Waals surface area contributed by atoms with Gasteiger partial charge in [-0.05, 0) is 12.8 Å². The first-order valence-electron chi connectivity index (χ1n) is 4.91. The van der Waals surface area contributed by atoms with Crippen LogP contribution in [0.3, 0.4) is 0 Å². The summed E-state index contributed by atoms with van der Waals surface area (Å²) < 4.78 is 37.2. The first-order chi connectivity index (χ1) is 6.83. The number of β-amino-alcohol motifs (C(OH)–C–C–N with tert-alkyl or cyclic N) is 1. The van der Waals surface area contributed by atoms with E-state index in [9.17, 15) is 23.1 Å². The minimum Gasteiger partial charge on any atom is -0.379 e. The highest BCUT2D eigenvalue weighted by Crippen LogP contribution is 2.40. The smallest absolute Gasteiger partial charge is 0.379 e. The molecule has 1 aliphatic carbocycles. The maximum absolute atomic E-state index is 12.4. The second-order valence-electron chi connectivity index (χ2n) is 4.31.